The van der Waals surface area contributed by atoms with Gasteiger partial charge in [-0.05, 0) is 50.0 Å². The lowest BCUT2D eigenvalue weighted by Gasteiger charge is -2.28. The normalized spacial score (nSPS) is 26.0. The van der Waals surface area contributed by atoms with E-state index in [1.165, 1.54) is 58.0 Å². The lowest BCUT2D eigenvalue weighted by molar-refractivity contribution is 0.214. The summed E-state index contributed by atoms with van der Waals surface area (Å²) in [6.45, 7) is 2.57. The molecule has 0 radical (unpaired) electrons. The van der Waals surface area contributed by atoms with Crippen molar-refractivity contribution in [3.63, 3.8) is 0 Å². The van der Waals surface area contributed by atoms with E-state index in [4.69, 9.17) is 0 Å². The van der Waals surface area contributed by atoms with Crippen LogP contribution in [0.4, 0.5) is 0 Å². The van der Waals surface area contributed by atoms with Crippen molar-refractivity contribution in [2.75, 3.05) is 13.1 Å². The second-order valence-corrected chi connectivity index (χ2v) is 7.38. The molecule has 3 nitrogen and oxygen atoms in total. The van der Waals surface area contributed by atoms with Gasteiger partial charge >= 0.3 is 0 Å². The lowest BCUT2D eigenvalue weighted by atomic mass is 9.96. The van der Waals surface area contributed by atoms with Crippen LogP contribution >= 0.6 is 0 Å². The second-order valence-electron chi connectivity index (χ2n) is 7.38. The summed E-state index contributed by atoms with van der Waals surface area (Å²) in [4.78, 5) is 2.70. The first-order valence-electron chi connectivity index (χ1n) is 8.48. The molecule has 1 aromatic rings. The fourth-order valence-electron chi connectivity index (χ4n) is 4.22. The Kier molecular flexibility index (Phi) is 3.30. The number of likely N-dealkylation sites (tertiary alicyclic amines) is 1. The molecule has 1 aliphatic heterocycles. The first-order chi connectivity index (χ1) is 10.2. The van der Waals surface area contributed by atoms with Gasteiger partial charge in [0, 0.05) is 19.8 Å². The van der Waals surface area contributed by atoms with Crippen molar-refractivity contribution in [1.82, 2.24) is 14.7 Å². The molecule has 3 fully saturated rings. The van der Waals surface area contributed by atoms with Crippen LogP contribution in [0.2, 0.25) is 0 Å². The number of nitrogens with zero attached hydrogens (tertiary/aromatic N) is 3. The first kappa shape index (κ1) is 13.4. The molecule has 3 heteroatoms. The van der Waals surface area contributed by atoms with Gasteiger partial charge in [-0.3, -0.25) is 9.58 Å². The van der Waals surface area contributed by atoms with Gasteiger partial charge in [-0.2, -0.15) is 5.10 Å². The van der Waals surface area contributed by atoms with E-state index in [-0.39, 0.29) is 0 Å². The van der Waals surface area contributed by atoms with Crippen molar-refractivity contribution < 1.29 is 0 Å². The highest BCUT2D eigenvalue weighted by atomic mass is 15.2. The Morgan fingerprint density at radius 2 is 2.10 bits per heavy atom. The van der Waals surface area contributed by atoms with Gasteiger partial charge in [0.1, 0.15) is 0 Å². The molecule has 2 heterocycles. The number of aromatic nitrogens is 2. The van der Waals surface area contributed by atoms with E-state index >= 15 is 0 Å². The van der Waals surface area contributed by atoms with E-state index in [1.54, 1.807) is 0 Å². The molecule has 1 atom stereocenters. The molecule has 0 amide bonds. The average Bonchev–Trinajstić information content (AvgIpc) is 2.91. The molecule has 2 saturated carbocycles. The van der Waals surface area contributed by atoms with Crippen LogP contribution in [-0.4, -0.2) is 33.8 Å². The summed E-state index contributed by atoms with van der Waals surface area (Å²) in [6.07, 6.45) is 13.8. The minimum absolute atomic E-state index is 0.479. The van der Waals surface area contributed by atoms with Crippen LogP contribution in [0, 0.1) is 23.2 Å². The third-order valence-electron chi connectivity index (χ3n) is 5.73. The topological polar surface area (TPSA) is 21.1 Å². The van der Waals surface area contributed by atoms with Crippen molar-refractivity contribution in [3.05, 3.63) is 18.0 Å². The summed E-state index contributed by atoms with van der Waals surface area (Å²) < 4.78 is 1.84. The number of hydrogen-bond acceptors (Lipinski definition) is 2. The minimum atomic E-state index is 0.479. The van der Waals surface area contributed by atoms with Crippen LogP contribution in [0.5, 0.6) is 0 Å². The van der Waals surface area contributed by atoms with Gasteiger partial charge in [0.25, 0.3) is 0 Å². The summed E-state index contributed by atoms with van der Waals surface area (Å²) in [5.41, 5.74) is 1.76. The van der Waals surface area contributed by atoms with E-state index < -0.39 is 0 Å². The van der Waals surface area contributed by atoms with Gasteiger partial charge in [-0.25, -0.2) is 0 Å². The van der Waals surface area contributed by atoms with Crippen LogP contribution in [-0.2, 0) is 7.05 Å². The molecule has 1 spiro atoms. The van der Waals surface area contributed by atoms with Crippen molar-refractivity contribution >= 4 is 0 Å². The number of hydrogen-bond donors (Lipinski definition) is 0. The molecule has 112 valence electrons. The minimum Gasteiger partial charge on any atom is -0.289 e. The zero-order valence-corrected chi connectivity index (χ0v) is 13.0. The van der Waals surface area contributed by atoms with E-state index in [0.717, 1.165) is 11.5 Å². The van der Waals surface area contributed by atoms with Crippen molar-refractivity contribution in [1.29, 1.82) is 0 Å². The largest absolute Gasteiger partial charge is 0.289 e. The quantitative estimate of drug-likeness (QED) is 0.778. The molecule has 1 aromatic heterocycles. The van der Waals surface area contributed by atoms with Crippen molar-refractivity contribution in [2.24, 2.45) is 18.4 Å². The molecule has 1 unspecified atom stereocenters. The third-order valence-corrected chi connectivity index (χ3v) is 5.73. The van der Waals surface area contributed by atoms with E-state index in [1.807, 2.05) is 24.1 Å². The second kappa shape index (κ2) is 5.18. The Morgan fingerprint density at radius 1 is 1.29 bits per heavy atom. The standard InChI is InChI=1S/C18H25N3/c1-20-13-15(12-19-20)6-7-17(16-4-2-3-5-16)21-11-10-18(14-21)8-9-18/h12-13,16-17H,2-5,8-11,14H2,1H3. The van der Waals surface area contributed by atoms with Crippen LogP contribution < -0.4 is 0 Å². The Labute approximate surface area is 127 Å². The zero-order valence-electron chi connectivity index (χ0n) is 13.0. The molecule has 21 heavy (non-hydrogen) atoms. The van der Waals surface area contributed by atoms with Crippen molar-refractivity contribution in [2.45, 2.75) is 51.0 Å². The lowest BCUT2D eigenvalue weighted by Crippen LogP contribution is -2.37. The maximum absolute atomic E-state index is 4.22. The molecule has 1 saturated heterocycles. The fourth-order valence-corrected chi connectivity index (χ4v) is 4.22. The predicted molar refractivity (Wildman–Crippen MR) is 83.7 cm³/mol. The van der Waals surface area contributed by atoms with Crippen LogP contribution in [0.1, 0.15) is 50.5 Å². The van der Waals surface area contributed by atoms with E-state index in [9.17, 15) is 0 Å². The molecule has 0 N–H and O–H groups in total. The molecule has 0 bridgehead atoms. The van der Waals surface area contributed by atoms with Crippen molar-refractivity contribution in [3.8, 4) is 11.8 Å². The highest BCUT2D eigenvalue weighted by Gasteiger charge is 2.49. The highest BCUT2D eigenvalue weighted by molar-refractivity contribution is 5.32. The third kappa shape index (κ3) is 2.74. The summed E-state index contributed by atoms with van der Waals surface area (Å²) in [5, 5.41) is 4.22. The first-order valence-corrected chi connectivity index (χ1v) is 8.48. The van der Waals surface area contributed by atoms with Gasteiger partial charge in [0.2, 0.25) is 0 Å². The molecule has 0 aromatic carbocycles. The van der Waals surface area contributed by atoms with Gasteiger partial charge in [-0.15, -0.1) is 0 Å². The highest BCUT2D eigenvalue weighted by Crippen LogP contribution is 2.53. The molecule has 4 rings (SSSR count). The van der Waals surface area contributed by atoms with Crippen LogP contribution in [0.3, 0.4) is 0 Å². The maximum atomic E-state index is 4.22. The van der Waals surface area contributed by atoms with Crippen LogP contribution in [0.25, 0.3) is 0 Å². The number of aryl methyl sites for hydroxylation is 1. The molecule has 3 aliphatic rings. The summed E-state index contributed by atoms with van der Waals surface area (Å²) in [5.74, 6) is 7.81. The Hall–Kier alpha value is -1.27. The maximum Gasteiger partial charge on any atom is 0.0747 e. The monoisotopic (exact) mass is 283 g/mol. The molecular weight excluding hydrogens is 258 g/mol. The number of rotatable bonds is 2. The molecule has 2 aliphatic carbocycles. The Bertz CT molecular complexity index is 567. The SMILES string of the molecule is Cn1cc(C#CC(C2CCCC2)N2CCC3(CC3)C2)cn1. The fraction of sp³-hybridized carbons (Fsp3) is 0.722. The van der Waals surface area contributed by atoms with Gasteiger partial charge < -0.3 is 0 Å². The Balaban J connectivity index is 1.53. The van der Waals surface area contributed by atoms with E-state index in [0.29, 0.717) is 11.5 Å². The van der Waals surface area contributed by atoms with Crippen LogP contribution in [0.15, 0.2) is 12.4 Å². The smallest absolute Gasteiger partial charge is 0.0747 e. The molecular formula is C18H25N3. The van der Waals surface area contributed by atoms with Gasteiger partial charge in [-0.1, -0.05) is 24.7 Å². The van der Waals surface area contributed by atoms with Gasteiger partial charge in [0.05, 0.1) is 17.8 Å². The predicted octanol–water partition coefficient (Wildman–Crippen LogP) is 2.82. The van der Waals surface area contributed by atoms with E-state index in [2.05, 4.69) is 21.8 Å². The zero-order chi connectivity index (χ0) is 14.3. The summed E-state index contributed by atoms with van der Waals surface area (Å²) >= 11 is 0. The summed E-state index contributed by atoms with van der Waals surface area (Å²) in [6, 6.07) is 0.479. The Morgan fingerprint density at radius 3 is 2.71 bits per heavy atom. The van der Waals surface area contributed by atoms with Gasteiger partial charge in [0.15, 0.2) is 0 Å². The summed E-state index contributed by atoms with van der Waals surface area (Å²) in [7, 11) is 1.96. The average molecular weight is 283 g/mol.